The Balaban J connectivity index is 2.56. The third-order valence-corrected chi connectivity index (χ3v) is 2.60. The molecule has 1 heterocycles. The fraction of sp³-hybridized carbons (Fsp3) is 0.231. The summed E-state index contributed by atoms with van der Waals surface area (Å²) in [7, 11) is 3.00. The van der Waals surface area contributed by atoms with Crippen molar-refractivity contribution in [1.29, 1.82) is 0 Å². The zero-order chi connectivity index (χ0) is 16.3. The minimum Gasteiger partial charge on any atom is -0.383 e. The van der Waals surface area contributed by atoms with Crippen LogP contribution in [0.2, 0.25) is 0 Å². The number of aromatic nitrogens is 4. The van der Waals surface area contributed by atoms with Gasteiger partial charge in [0, 0.05) is 20.3 Å². The lowest BCUT2D eigenvalue weighted by Crippen LogP contribution is -2.26. The van der Waals surface area contributed by atoms with E-state index in [1.807, 2.05) is 0 Å². The zero-order valence-corrected chi connectivity index (χ0v) is 11.7. The Morgan fingerprint density at radius 2 is 1.86 bits per heavy atom. The molecule has 1 aromatic heterocycles. The van der Waals surface area contributed by atoms with Crippen LogP contribution in [0.3, 0.4) is 0 Å². The van der Waals surface area contributed by atoms with Crippen molar-refractivity contribution in [3.63, 3.8) is 0 Å². The second-order valence-electron chi connectivity index (χ2n) is 4.58. The molecular formula is C13H12F3N5O. The van der Waals surface area contributed by atoms with Gasteiger partial charge < -0.3 is 4.90 Å². The molecule has 0 saturated heterocycles. The topological polar surface area (TPSA) is 63.9 Å². The standard InChI is InChI=1S/C13H12F3N5O/c1-20(2)8-10(11(22)13(14,15)16)12-17-18-19-21(12)9-6-4-3-5-7-9/h3-8H,1-2H3. The number of carbonyl (C=O) groups excluding carboxylic acids is 1. The molecule has 116 valence electrons. The second-order valence-corrected chi connectivity index (χ2v) is 4.58. The van der Waals surface area contributed by atoms with Gasteiger partial charge in [0.1, 0.15) is 0 Å². The van der Waals surface area contributed by atoms with E-state index in [-0.39, 0.29) is 5.82 Å². The van der Waals surface area contributed by atoms with E-state index in [2.05, 4.69) is 15.5 Å². The largest absolute Gasteiger partial charge is 0.455 e. The predicted molar refractivity (Wildman–Crippen MR) is 71.9 cm³/mol. The Morgan fingerprint density at radius 1 is 1.23 bits per heavy atom. The summed E-state index contributed by atoms with van der Waals surface area (Å²) in [6, 6.07) is 8.34. The lowest BCUT2D eigenvalue weighted by Gasteiger charge is -2.12. The van der Waals surface area contributed by atoms with Crippen LogP contribution < -0.4 is 0 Å². The summed E-state index contributed by atoms with van der Waals surface area (Å²) in [4.78, 5) is 13.0. The van der Waals surface area contributed by atoms with Crippen molar-refractivity contribution in [2.45, 2.75) is 6.18 Å². The molecule has 0 amide bonds. The summed E-state index contributed by atoms with van der Waals surface area (Å²) in [6.07, 6.45) is -3.98. The van der Waals surface area contributed by atoms with Gasteiger partial charge in [0.15, 0.2) is 5.82 Å². The van der Waals surface area contributed by atoms with E-state index < -0.39 is 17.5 Å². The van der Waals surface area contributed by atoms with E-state index in [0.717, 1.165) is 10.9 Å². The maximum Gasteiger partial charge on any atom is 0.455 e. The molecule has 0 aliphatic carbocycles. The summed E-state index contributed by atoms with van der Waals surface area (Å²) < 4.78 is 39.4. The van der Waals surface area contributed by atoms with Gasteiger partial charge in [0.05, 0.1) is 11.3 Å². The molecule has 2 aromatic rings. The first-order valence-corrected chi connectivity index (χ1v) is 6.14. The number of hydrogen-bond acceptors (Lipinski definition) is 5. The van der Waals surface area contributed by atoms with Gasteiger partial charge >= 0.3 is 6.18 Å². The molecule has 0 spiro atoms. The van der Waals surface area contributed by atoms with Gasteiger partial charge in [0.25, 0.3) is 5.78 Å². The zero-order valence-electron chi connectivity index (χ0n) is 11.7. The number of rotatable bonds is 4. The van der Waals surface area contributed by atoms with Gasteiger partial charge in [-0.05, 0) is 22.6 Å². The SMILES string of the molecule is CN(C)C=C(C(=O)C(F)(F)F)c1nnnn1-c1ccccc1. The Labute approximate surface area is 123 Å². The summed E-state index contributed by atoms with van der Waals surface area (Å²) in [5.41, 5.74) is -0.187. The molecule has 0 N–H and O–H groups in total. The highest BCUT2D eigenvalue weighted by molar-refractivity contribution is 6.22. The smallest absolute Gasteiger partial charge is 0.383 e. The van der Waals surface area contributed by atoms with E-state index in [1.54, 1.807) is 30.3 Å². The third kappa shape index (κ3) is 3.30. The quantitative estimate of drug-likeness (QED) is 0.804. The lowest BCUT2D eigenvalue weighted by molar-refractivity contribution is -0.164. The molecule has 0 aliphatic rings. The maximum atomic E-state index is 12.8. The van der Waals surface area contributed by atoms with Crippen LogP contribution in [-0.4, -0.2) is 51.2 Å². The van der Waals surface area contributed by atoms with E-state index in [9.17, 15) is 18.0 Å². The van der Waals surface area contributed by atoms with Crippen molar-refractivity contribution in [3.8, 4) is 5.69 Å². The molecule has 2 rings (SSSR count). The first kappa shape index (κ1) is 15.7. The van der Waals surface area contributed by atoms with Crippen molar-refractivity contribution in [1.82, 2.24) is 25.1 Å². The first-order valence-electron chi connectivity index (χ1n) is 6.14. The van der Waals surface area contributed by atoms with E-state index in [0.29, 0.717) is 5.69 Å². The molecular weight excluding hydrogens is 299 g/mol. The molecule has 0 fully saturated rings. The molecule has 0 atom stereocenters. The Morgan fingerprint density at radius 3 is 2.41 bits per heavy atom. The van der Waals surface area contributed by atoms with E-state index >= 15 is 0 Å². The highest BCUT2D eigenvalue weighted by atomic mass is 19.4. The highest BCUT2D eigenvalue weighted by Crippen LogP contribution is 2.26. The molecule has 6 nitrogen and oxygen atoms in total. The van der Waals surface area contributed by atoms with Crippen LogP contribution in [0.25, 0.3) is 11.3 Å². The van der Waals surface area contributed by atoms with Crippen molar-refractivity contribution < 1.29 is 18.0 Å². The number of halogens is 3. The fourth-order valence-electron chi connectivity index (χ4n) is 1.73. The molecule has 0 bridgehead atoms. The second kappa shape index (κ2) is 5.96. The van der Waals surface area contributed by atoms with Crippen molar-refractivity contribution in [3.05, 3.63) is 42.4 Å². The van der Waals surface area contributed by atoms with Crippen molar-refractivity contribution in [2.24, 2.45) is 0 Å². The van der Waals surface area contributed by atoms with Gasteiger partial charge in [-0.1, -0.05) is 18.2 Å². The fourth-order valence-corrected chi connectivity index (χ4v) is 1.73. The van der Waals surface area contributed by atoms with Gasteiger partial charge in [-0.2, -0.15) is 17.9 Å². The highest BCUT2D eigenvalue weighted by Gasteiger charge is 2.43. The van der Waals surface area contributed by atoms with E-state index in [4.69, 9.17) is 0 Å². The number of para-hydroxylation sites is 1. The summed E-state index contributed by atoms with van der Waals surface area (Å²) in [5.74, 6) is -2.28. The van der Waals surface area contributed by atoms with Gasteiger partial charge in [-0.25, -0.2) is 0 Å². The monoisotopic (exact) mass is 311 g/mol. The van der Waals surface area contributed by atoms with Crippen LogP contribution in [0.4, 0.5) is 13.2 Å². The molecule has 9 heteroatoms. The first-order chi connectivity index (χ1) is 10.3. The lowest BCUT2D eigenvalue weighted by atomic mass is 10.1. The van der Waals surface area contributed by atoms with Crippen LogP contribution in [0.15, 0.2) is 36.5 Å². The molecule has 1 aromatic carbocycles. The average molecular weight is 311 g/mol. The molecule has 0 radical (unpaired) electrons. The summed E-state index contributed by atoms with van der Waals surface area (Å²) in [5, 5.41) is 10.6. The third-order valence-electron chi connectivity index (χ3n) is 2.60. The molecule has 0 aliphatic heterocycles. The Kier molecular flexibility index (Phi) is 4.25. The number of allylic oxidation sites excluding steroid dienone is 1. The number of carbonyl (C=O) groups is 1. The number of tetrazole rings is 1. The van der Waals surface area contributed by atoms with Gasteiger partial charge in [0.2, 0.25) is 0 Å². The average Bonchev–Trinajstić information content (AvgIpc) is 2.93. The molecule has 22 heavy (non-hydrogen) atoms. The summed E-state index contributed by atoms with van der Waals surface area (Å²) >= 11 is 0. The van der Waals surface area contributed by atoms with Gasteiger partial charge in [-0.15, -0.1) is 5.10 Å². The van der Waals surface area contributed by atoms with Crippen LogP contribution in [0, 0.1) is 0 Å². The number of nitrogens with zero attached hydrogens (tertiary/aromatic N) is 5. The maximum absolute atomic E-state index is 12.8. The van der Waals surface area contributed by atoms with Crippen molar-refractivity contribution >= 4 is 11.4 Å². The normalized spacial score (nSPS) is 12.3. The summed E-state index contributed by atoms with van der Waals surface area (Å²) in [6.45, 7) is 0. The Bertz CT molecular complexity index is 691. The van der Waals surface area contributed by atoms with Crippen molar-refractivity contribution in [2.75, 3.05) is 14.1 Å². The van der Waals surface area contributed by atoms with Crippen LogP contribution in [0.5, 0.6) is 0 Å². The van der Waals surface area contributed by atoms with Gasteiger partial charge in [-0.3, -0.25) is 4.79 Å². The Hall–Kier alpha value is -2.71. The minimum atomic E-state index is -5.02. The number of alkyl halides is 3. The predicted octanol–water partition coefficient (Wildman–Crippen LogP) is 1.70. The number of benzene rings is 1. The minimum absolute atomic E-state index is 0.276. The number of Topliss-reactive ketones (excluding diaryl/α,β-unsaturated/α-hetero) is 1. The van der Waals surface area contributed by atoms with Crippen LogP contribution >= 0.6 is 0 Å². The number of ketones is 1. The molecule has 0 saturated carbocycles. The number of hydrogen-bond donors (Lipinski definition) is 0. The van der Waals surface area contributed by atoms with E-state index in [1.165, 1.54) is 19.0 Å². The molecule has 0 unspecified atom stereocenters. The van der Waals surface area contributed by atoms with Crippen LogP contribution in [-0.2, 0) is 4.79 Å². The van der Waals surface area contributed by atoms with Crippen LogP contribution in [0.1, 0.15) is 5.82 Å².